The number of rotatable bonds is 4. The van der Waals surface area contributed by atoms with Gasteiger partial charge in [0.1, 0.15) is 0 Å². The minimum absolute atomic E-state index is 0.123. The average molecular weight is 587 g/mol. The van der Waals surface area contributed by atoms with Gasteiger partial charge in [-0.2, -0.15) is 0 Å². The van der Waals surface area contributed by atoms with Gasteiger partial charge in [-0.1, -0.05) is 126 Å². The Kier molecular flexibility index (Phi) is 6.96. The van der Waals surface area contributed by atoms with E-state index in [-0.39, 0.29) is 10.8 Å². The molecule has 0 spiro atoms. The average Bonchev–Trinajstić information content (AvgIpc) is 3.41. The molecule has 7 rings (SSSR count). The summed E-state index contributed by atoms with van der Waals surface area (Å²) >= 11 is 0. The molecule has 0 bridgehead atoms. The van der Waals surface area contributed by atoms with Crippen LogP contribution in [-0.2, 0) is 17.3 Å². The molecule has 0 unspecified atom stereocenters. The number of hydrogen-bond acceptors (Lipinski definition) is 4. The van der Waals surface area contributed by atoms with Crippen LogP contribution in [0.15, 0.2) is 110 Å². The molecule has 222 valence electrons. The molecule has 0 atom stereocenters. The Hall–Kier alpha value is -4.96. The first-order chi connectivity index (χ1) is 21.5. The van der Waals surface area contributed by atoms with E-state index in [0.29, 0.717) is 0 Å². The summed E-state index contributed by atoms with van der Waals surface area (Å²) < 4.78 is 0. The van der Waals surface area contributed by atoms with Gasteiger partial charge in [-0.15, -0.1) is 0 Å². The van der Waals surface area contributed by atoms with Crippen LogP contribution in [-0.4, -0.2) is 19.9 Å². The predicted molar refractivity (Wildman–Crippen MR) is 185 cm³/mol. The Morgan fingerprint density at radius 1 is 0.400 bits per heavy atom. The van der Waals surface area contributed by atoms with Crippen LogP contribution in [0.25, 0.3) is 56.2 Å². The van der Waals surface area contributed by atoms with Crippen molar-refractivity contribution >= 4 is 0 Å². The van der Waals surface area contributed by atoms with Gasteiger partial charge in [-0.25, -0.2) is 19.9 Å². The molecule has 2 aromatic heterocycles. The number of hydrogen-bond donors (Lipinski definition) is 0. The molecule has 0 fully saturated rings. The fourth-order valence-corrected chi connectivity index (χ4v) is 6.06. The molecule has 1 aliphatic rings. The Bertz CT molecular complexity index is 1840. The molecule has 1 aliphatic carbocycles. The zero-order valence-corrected chi connectivity index (χ0v) is 26.9. The van der Waals surface area contributed by atoms with E-state index in [1.54, 1.807) is 0 Å². The summed E-state index contributed by atoms with van der Waals surface area (Å²) in [6, 6.07) is 30.5. The van der Waals surface area contributed by atoms with Gasteiger partial charge in [0.15, 0.2) is 11.6 Å². The van der Waals surface area contributed by atoms with Crippen LogP contribution in [0.3, 0.4) is 0 Å². The molecule has 0 amide bonds. The lowest BCUT2D eigenvalue weighted by Crippen LogP contribution is -2.10. The molecular weight excluding hydrogens is 548 g/mol. The van der Waals surface area contributed by atoms with E-state index < -0.39 is 0 Å². The highest BCUT2D eigenvalue weighted by Crippen LogP contribution is 2.40. The summed E-state index contributed by atoms with van der Waals surface area (Å²) in [5.41, 5.74) is 14.5. The Morgan fingerprint density at radius 3 is 1.07 bits per heavy atom. The fraction of sp³-hybridized carbons (Fsp3) is 0.220. The van der Waals surface area contributed by atoms with Crippen molar-refractivity contribution in [1.29, 1.82) is 0 Å². The van der Waals surface area contributed by atoms with E-state index in [1.807, 2.05) is 24.8 Å². The molecular formula is C41H38N4. The first-order valence-electron chi connectivity index (χ1n) is 15.7. The van der Waals surface area contributed by atoms with Crippen LogP contribution in [0.4, 0.5) is 0 Å². The standard InChI is InChI=1S/C41H38N4/c1-40(2,3)34-13-7-26(8-14-34)38-42-22-32(23-43-38)28-11-17-36-30(19-28)21-31-20-29(12-18-37(31)36)33-24-44-39(45-25-33)27-9-15-35(16-10-27)41(4,5)6/h7-20,22-25H,21H2,1-6H3. The highest BCUT2D eigenvalue weighted by atomic mass is 14.9. The number of fused-ring (bicyclic) bond motifs is 3. The normalized spacial score (nSPS) is 12.6. The Balaban J connectivity index is 1.08. The molecule has 2 heterocycles. The summed E-state index contributed by atoms with van der Waals surface area (Å²) in [4.78, 5) is 18.8. The molecule has 0 radical (unpaired) electrons. The van der Waals surface area contributed by atoms with Gasteiger partial charge in [0.2, 0.25) is 0 Å². The Morgan fingerprint density at radius 2 is 0.733 bits per heavy atom. The van der Waals surface area contributed by atoms with Crippen LogP contribution < -0.4 is 0 Å². The molecule has 0 saturated carbocycles. The summed E-state index contributed by atoms with van der Waals surface area (Å²) in [7, 11) is 0. The lowest BCUT2D eigenvalue weighted by Gasteiger charge is -2.19. The second-order valence-corrected chi connectivity index (χ2v) is 14.2. The van der Waals surface area contributed by atoms with Crippen molar-refractivity contribution in [2.45, 2.75) is 58.8 Å². The van der Waals surface area contributed by atoms with Crippen molar-refractivity contribution in [2.24, 2.45) is 0 Å². The van der Waals surface area contributed by atoms with Crippen LogP contribution >= 0.6 is 0 Å². The van der Waals surface area contributed by atoms with Gasteiger partial charge in [-0.3, -0.25) is 0 Å². The van der Waals surface area contributed by atoms with Crippen molar-refractivity contribution in [1.82, 2.24) is 19.9 Å². The smallest absolute Gasteiger partial charge is 0.159 e. The SMILES string of the molecule is CC(C)(C)c1ccc(-c2ncc(-c3ccc4c(c3)Cc3cc(-c5cnc(-c6ccc(C(C)(C)C)cc6)nc5)ccc3-4)cn2)cc1. The molecule has 6 aromatic rings. The highest BCUT2D eigenvalue weighted by Gasteiger charge is 2.20. The van der Waals surface area contributed by atoms with Gasteiger partial charge >= 0.3 is 0 Å². The first-order valence-corrected chi connectivity index (χ1v) is 15.7. The molecule has 0 aliphatic heterocycles. The zero-order chi connectivity index (χ0) is 31.3. The van der Waals surface area contributed by atoms with E-state index in [0.717, 1.165) is 51.5 Å². The predicted octanol–water partition coefficient (Wildman–Crippen LogP) is 10.1. The third-order valence-corrected chi connectivity index (χ3v) is 8.87. The van der Waals surface area contributed by atoms with Gasteiger partial charge < -0.3 is 0 Å². The molecule has 4 nitrogen and oxygen atoms in total. The van der Waals surface area contributed by atoms with Crippen molar-refractivity contribution in [3.05, 3.63) is 132 Å². The van der Waals surface area contributed by atoms with Crippen molar-refractivity contribution in [2.75, 3.05) is 0 Å². The third kappa shape index (κ3) is 5.69. The lowest BCUT2D eigenvalue weighted by molar-refractivity contribution is 0.590. The van der Waals surface area contributed by atoms with Crippen LogP contribution in [0.2, 0.25) is 0 Å². The first kappa shape index (κ1) is 28.8. The topological polar surface area (TPSA) is 51.6 Å². The van der Waals surface area contributed by atoms with E-state index in [1.165, 1.54) is 33.4 Å². The molecule has 4 aromatic carbocycles. The van der Waals surface area contributed by atoms with Crippen LogP contribution in [0.1, 0.15) is 63.8 Å². The number of aromatic nitrogens is 4. The van der Waals surface area contributed by atoms with Gasteiger partial charge in [0.25, 0.3) is 0 Å². The largest absolute Gasteiger partial charge is 0.236 e. The molecule has 4 heteroatoms. The highest BCUT2D eigenvalue weighted by molar-refractivity contribution is 5.82. The molecule has 0 saturated heterocycles. The van der Waals surface area contributed by atoms with Crippen LogP contribution in [0, 0.1) is 0 Å². The second kappa shape index (κ2) is 10.9. The zero-order valence-electron chi connectivity index (χ0n) is 26.9. The maximum atomic E-state index is 4.71. The lowest BCUT2D eigenvalue weighted by atomic mass is 9.86. The number of nitrogens with zero attached hydrogens (tertiary/aromatic N) is 4. The van der Waals surface area contributed by atoms with Gasteiger partial charge in [0, 0.05) is 47.0 Å². The van der Waals surface area contributed by atoms with E-state index >= 15 is 0 Å². The second-order valence-electron chi connectivity index (χ2n) is 14.2. The Labute approximate surface area is 266 Å². The molecule has 0 N–H and O–H groups in total. The van der Waals surface area contributed by atoms with E-state index in [4.69, 9.17) is 19.9 Å². The van der Waals surface area contributed by atoms with Gasteiger partial charge in [-0.05, 0) is 61.8 Å². The monoisotopic (exact) mass is 586 g/mol. The number of benzene rings is 4. The summed E-state index contributed by atoms with van der Waals surface area (Å²) in [5, 5.41) is 0. The summed E-state index contributed by atoms with van der Waals surface area (Å²) in [5.74, 6) is 1.49. The summed E-state index contributed by atoms with van der Waals surface area (Å²) in [6.07, 6.45) is 8.63. The van der Waals surface area contributed by atoms with E-state index in [2.05, 4.69) is 126 Å². The van der Waals surface area contributed by atoms with Crippen molar-refractivity contribution in [3.8, 4) is 56.2 Å². The summed E-state index contributed by atoms with van der Waals surface area (Å²) in [6.45, 7) is 13.3. The maximum absolute atomic E-state index is 4.71. The fourth-order valence-electron chi connectivity index (χ4n) is 6.06. The van der Waals surface area contributed by atoms with E-state index in [9.17, 15) is 0 Å². The van der Waals surface area contributed by atoms with Crippen molar-refractivity contribution in [3.63, 3.8) is 0 Å². The minimum Gasteiger partial charge on any atom is -0.236 e. The van der Waals surface area contributed by atoms with Crippen LogP contribution in [0.5, 0.6) is 0 Å². The van der Waals surface area contributed by atoms with Gasteiger partial charge in [0.05, 0.1) is 0 Å². The third-order valence-electron chi connectivity index (χ3n) is 8.87. The minimum atomic E-state index is 0.123. The molecule has 45 heavy (non-hydrogen) atoms. The quantitative estimate of drug-likeness (QED) is 0.206. The van der Waals surface area contributed by atoms with Crippen molar-refractivity contribution < 1.29 is 0 Å². The maximum Gasteiger partial charge on any atom is 0.159 e.